The Labute approximate surface area is 101 Å². The molecule has 0 aliphatic heterocycles. The molecule has 0 atom stereocenters. The van der Waals surface area contributed by atoms with Crippen molar-refractivity contribution in [3.63, 3.8) is 0 Å². The highest BCUT2D eigenvalue weighted by atomic mass is 79.9. The van der Waals surface area contributed by atoms with Crippen molar-refractivity contribution in [2.24, 2.45) is 5.73 Å². The average molecular weight is 292 g/mol. The van der Waals surface area contributed by atoms with Crippen LogP contribution in [0, 0.1) is 0 Å². The monoisotopic (exact) mass is 291 g/mol. The van der Waals surface area contributed by atoms with Gasteiger partial charge in [0, 0.05) is 0 Å². The molecule has 0 saturated carbocycles. The van der Waals surface area contributed by atoms with Gasteiger partial charge in [0.1, 0.15) is 0 Å². The van der Waals surface area contributed by atoms with Crippen LogP contribution in [0.2, 0.25) is 0 Å². The van der Waals surface area contributed by atoms with Crippen molar-refractivity contribution in [3.05, 3.63) is 9.98 Å². The summed E-state index contributed by atoms with van der Waals surface area (Å²) in [6.45, 7) is 3.81. The number of carbonyl (C=O) groups excluding carboxylic acids is 1. The third kappa shape index (κ3) is 2.99. The minimum atomic E-state index is -0.794. The molecule has 0 spiro atoms. The lowest BCUT2D eigenvalue weighted by molar-refractivity contribution is -0.121. The zero-order valence-electron chi connectivity index (χ0n) is 8.71. The largest absolute Gasteiger partial charge is 0.317 e. The third-order valence-electron chi connectivity index (χ3n) is 2.41. The first-order chi connectivity index (χ1) is 7.01. The van der Waals surface area contributed by atoms with Gasteiger partial charge in [-0.1, -0.05) is 25.2 Å². The summed E-state index contributed by atoms with van der Waals surface area (Å²) in [6.07, 6.45) is 2.88. The third-order valence-corrected chi connectivity index (χ3v) is 3.80. The fourth-order valence-corrected chi connectivity index (χ4v) is 2.21. The second-order valence-electron chi connectivity index (χ2n) is 3.29. The second-order valence-corrected chi connectivity index (χ2v) is 5.70. The number of hydrogen-bond acceptors (Lipinski definition) is 4. The first-order valence-electron chi connectivity index (χ1n) is 4.73. The van der Waals surface area contributed by atoms with E-state index in [9.17, 15) is 4.79 Å². The van der Waals surface area contributed by atoms with Crippen molar-refractivity contribution in [1.82, 2.24) is 4.98 Å². The summed E-state index contributed by atoms with van der Waals surface area (Å²) in [4.78, 5) is 15.8. The first kappa shape index (κ1) is 12.6. The molecule has 3 N–H and O–H groups in total. The Kier molecular flexibility index (Phi) is 4.24. The lowest BCUT2D eigenvalue weighted by Crippen LogP contribution is -2.50. The molecule has 84 valence electrons. The van der Waals surface area contributed by atoms with Crippen LogP contribution in [0.25, 0.3) is 0 Å². The maximum absolute atomic E-state index is 11.8. The van der Waals surface area contributed by atoms with Crippen LogP contribution in [0.4, 0.5) is 5.13 Å². The summed E-state index contributed by atoms with van der Waals surface area (Å²) in [7, 11) is 0. The highest BCUT2D eigenvalue weighted by Crippen LogP contribution is 2.24. The topological polar surface area (TPSA) is 68.0 Å². The van der Waals surface area contributed by atoms with Gasteiger partial charge in [0.15, 0.2) is 5.13 Å². The van der Waals surface area contributed by atoms with E-state index < -0.39 is 5.54 Å². The Bertz CT molecular complexity index is 349. The Balaban J connectivity index is 2.70. The average Bonchev–Trinajstić information content (AvgIpc) is 2.62. The molecule has 1 aromatic rings. The Morgan fingerprint density at radius 2 is 2.27 bits per heavy atom. The quantitative estimate of drug-likeness (QED) is 0.895. The number of anilines is 1. The SMILES string of the molecule is CCC(N)(CC)C(=O)Nc1ncc(Br)s1. The van der Waals surface area contributed by atoms with Crippen molar-refractivity contribution in [2.45, 2.75) is 32.2 Å². The zero-order chi connectivity index (χ0) is 11.5. The molecule has 0 bridgehead atoms. The molecule has 6 heteroatoms. The lowest BCUT2D eigenvalue weighted by Gasteiger charge is -2.24. The van der Waals surface area contributed by atoms with E-state index in [2.05, 4.69) is 26.2 Å². The number of hydrogen-bond donors (Lipinski definition) is 2. The highest BCUT2D eigenvalue weighted by Gasteiger charge is 2.30. The summed E-state index contributed by atoms with van der Waals surface area (Å²) < 4.78 is 0.883. The van der Waals surface area contributed by atoms with E-state index in [4.69, 9.17) is 5.73 Å². The van der Waals surface area contributed by atoms with Crippen molar-refractivity contribution < 1.29 is 4.79 Å². The maximum atomic E-state index is 11.8. The molecule has 0 unspecified atom stereocenters. The number of carbonyl (C=O) groups is 1. The van der Waals surface area contributed by atoms with Gasteiger partial charge >= 0.3 is 0 Å². The van der Waals surface area contributed by atoms with Crippen LogP contribution in [0.3, 0.4) is 0 Å². The van der Waals surface area contributed by atoms with Gasteiger partial charge in [-0.25, -0.2) is 4.98 Å². The van der Waals surface area contributed by atoms with Gasteiger partial charge in [0.2, 0.25) is 5.91 Å². The van der Waals surface area contributed by atoms with Crippen molar-refractivity contribution in [2.75, 3.05) is 5.32 Å². The van der Waals surface area contributed by atoms with Crippen molar-refractivity contribution in [1.29, 1.82) is 0 Å². The molecule has 0 fully saturated rings. The number of aromatic nitrogens is 1. The fraction of sp³-hybridized carbons (Fsp3) is 0.556. The van der Waals surface area contributed by atoms with Crippen LogP contribution < -0.4 is 11.1 Å². The molecule has 0 aromatic carbocycles. The van der Waals surface area contributed by atoms with E-state index in [1.807, 2.05) is 13.8 Å². The van der Waals surface area contributed by atoms with Gasteiger partial charge in [-0.3, -0.25) is 4.79 Å². The van der Waals surface area contributed by atoms with Gasteiger partial charge in [0.05, 0.1) is 15.5 Å². The molecule has 1 aromatic heterocycles. The molecule has 0 aliphatic rings. The van der Waals surface area contributed by atoms with Crippen molar-refractivity contribution in [3.8, 4) is 0 Å². The predicted molar refractivity (Wildman–Crippen MR) is 65.9 cm³/mol. The molecule has 15 heavy (non-hydrogen) atoms. The fourth-order valence-electron chi connectivity index (χ4n) is 1.10. The molecule has 0 radical (unpaired) electrons. The van der Waals surface area contributed by atoms with E-state index in [1.54, 1.807) is 6.20 Å². The minimum absolute atomic E-state index is 0.172. The number of rotatable bonds is 4. The van der Waals surface area contributed by atoms with Crippen LogP contribution in [-0.2, 0) is 4.79 Å². The van der Waals surface area contributed by atoms with Gasteiger partial charge in [-0.15, -0.1) is 0 Å². The number of halogens is 1. The van der Waals surface area contributed by atoms with E-state index in [0.717, 1.165) is 3.79 Å². The van der Waals surface area contributed by atoms with Gasteiger partial charge < -0.3 is 11.1 Å². The van der Waals surface area contributed by atoms with Gasteiger partial charge in [-0.2, -0.15) is 0 Å². The second kappa shape index (κ2) is 5.05. The molecule has 4 nitrogen and oxygen atoms in total. The summed E-state index contributed by atoms with van der Waals surface area (Å²) in [5, 5.41) is 3.29. The summed E-state index contributed by atoms with van der Waals surface area (Å²) in [5.74, 6) is -0.172. The standard InChI is InChI=1S/C9H14BrN3OS/c1-3-9(11,4-2)7(14)13-8-12-5-6(10)15-8/h5H,3-4,11H2,1-2H3,(H,12,13,14). The highest BCUT2D eigenvalue weighted by molar-refractivity contribution is 9.11. The Morgan fingerprint density at radius 1 is 1.67 bits per heavy atom. The summed E-state index contributed by atoms with van der Waals surface area (Å²) >= 11 is 4.65. The van der Waals surface area contributed by atoms with Crippen LogP contribution >= 0.6 is 27.3 Å². The number of nitrogens with one attached hydrogen (secondary N) is 1. The van der Waals surface area contributed by atoms with E-state index >= 15 is 0 Å². The summed E-state index contributed by atoms with van der Waals surface area (Å²) in [5.41, 5.74) is 5.15. The first-order valence-corrected chi connectivity index (χ1v) is 6.34. The van der Waals surface area contributed by atoms with E-state index in [1.165, 1.54) is 11.3 Å². The number of amides is 1. The maximum Gasteiger partial charge on any atom is 0.246 e. The van der Waals surface area contributed by atoms with Crippen LogP contribution in [0.1, 0.15) is 26.7 Å². The van der Waals surface area contributed by atoms with E-state index in [-0.39, 0.29) is 5.91 Å². The minimum Gasteiger partial charge on any atom is -0.317 e. The van der Waals surface area contributed by atoms with Gasteiger partial charge in [-0.05, 0) is 28.8 Å². The molecule has 0 saturated heterocycles. The molecular formula is C9H14BrN3OS. The molecule has 1 rings (SSSR count). The molecule has 1 amide bonds. The number of nitrogens with zero attached hydrogens (tertiary/aromatic N) is 1. The Morgan fingerprint density at radius 3 is 2.67 bits per heavy atom. The lowest BCUT2D eigenvalue weighted by atomic mass is 9.93. The summed E-state index contributed by atoms with van der Waals surface area (Å²) in [6, 6.07) is 0. The van der Waals surface area contributed by atoms with Crippen molar-refractivity contribution >= 4 is 38.3 Å². The zero-order valence-corrected chi connectivity index (χ0v) is 11.1. The smallest absolute Gasteiger partial charge is 0.246 e. The number of thiazole rings is 1. The molecule has 0 aliphatic carbocycles. The Hall–Kier alpha value is -0.460. The van der Waals surface area contributed by atoms with Crippen LogP contribution in [0.5, 0.6) is 0 Å². The normalized spacial score (nSPS) is 11.5. The molecular weight excluding hydrogens is 278 g/mol. The van der Waals surface area contributed by atoms with Crippen LogP contribution in [0.15, 0.2) is 9.98 Å². The predicted octanol–water partition coefficient (Wildman–Crippen LogP) is 2.36. The van der Waals surface area contributed by atoms with E-state index in [0.29, 0.717) is 18.0 Å². The van der Waals surface area contributed by atoms with Crippen LogP contribution in [-0.4, -0.2) is 16.4 Å². The number of nitrogens with two attached hydrogens (primary N) is 1. The van der Waals surface area contributed by atoms with Gasteiger partial charge in [0.25, 0.3) is 0 Å². The molecule has 1 heterocycles.